The largest absolute Gasteiger partial charge is 0.496 e. The minimum atomic E-state index is 0.0978. The molecule has 108 valence electrons. The summed E-state index contributed by atoms with van der Waals surface area (Å²) in [7, 11) is 1.69. The molecule has 1 unspecified atom stereocenters. The lowest BCUT2D eigenvalue weighted by Crippen LogP contribution is -2.25. The first-order chi connectivity index (χ1) is 9.74. The second kappa shape index (κ2) is 7.40. The lowest BCUT2D eigenvalue weighted by atomic mass is 10.0. The summed E-state index contributed by atoms with van der Waals surface area (Å²) in [6.07, 6.45) is 3.40. The second-order valence-corrected chi connectivity index (χ2v) is 5.45. The lowest BCUT2D eigenvalue weighted by Gasteiger charge is -2.18. The summed E-state index contributed by atoms with van der Waals surface area (Å²) in [6, 6.07) is 6.12. The number of methoxy groups -OCH3 is 1. The summed E-state index contributed by atoms with van der Waals surface area (Å²) < 4.78 is 6.47. The van der Waals surface area contributed by atoms with Crippen molar-refractivity contribution in [3.8, 4) is 5.75 Å². The Morgan fingerprint density at radius 3 is 2.95 bits per heavy atom. The topological polar surface area (TPSA) is 62.8 Å². The molecule has 0 radical (unpaired) electrons. The van der Waals surface area contributed by atoms with Crippen LogP contribution in [-0.4, -0.2) is 28.8 Å². The Balaban J connectivity index is 2.21. The summed E-state index contributed by atoms with van der Waals surface area (Å²) in [6.45, 7) is 3.08. The van der Waals surface area contributed by atoms with Crippen molar-refractivity contribution in [3.63, 3.8) is 0 Å². The highest BCUT2D eigenvalue weighted by molar-refractivity contribution is 9.10. The molecule has 0 amide bonds. The molecule has 1 aromatic carbocycles. The fourth-order valence-electron chi connectivity index (χ4n) is 2.09. The number of H-pyrrole nitrogens is 1. The van der Waals surface area contributed by atoms with Crippen LogP contribution in [-0.2, 0) is 6.42 Å². The molecule has 2 rings (SSSR count). The van der Waals surface area contributed by atoms with E-state index in [1.165, 1.54) is 6.33 Å². The molecule has 6 heteroatoms. The van der Waals surface area contributed by atoms with Gasteiger partial charge in [-0.25, -0.2) is 4.98 Å². The minimum absolute atomic E-state index is 0.0978. The molecule has 2 N–H and O–H groups in total. The highest BCUT2D eigenvalue weighted by Crippen LogP contribution is 2.27. The molecule has 2 aromatic rings. The zero-order chi connectivity index (χ0) is 14.4. The quantitative estimate of drug-likeness (QED) is 0.814. The van der Waals surface area contributed by atoms with Gasteiger partial charge >= 0.3 is 0 Å². The van der Waals surface area contributed by atoms with E-state index in [2.05, 4.69) is 49.4 Å². The molecule has 0 fully saturated rings. The van der Waals surface area contributed by atoms with Crippen molar-refractivity contribution in [2.24, 2.45) is 0 Å². The smallest absolute Gasteiger partial charge is 0.141 e. The van der Waals surface area contributed by atoms with Crippen molar-refractivity contribution >= 4 is 15.9 Å². The van der Waals surface area contributed by atoms with Crippen molar-refractivity contribution in [2.75, 3.05) is 13.7 Å². The van der Waals surface area contributed by atoms with E-state index >= 15 is 0 Å². The molecule has 1 aromatic heterocycles. The predicted octanol–water partition coefficient (Wildman–Crippen LogP) is 2.86. The number of nitrogens with one attached hydrogen (secondary N) is 2. The van der Waals surface area contributed by atoms with E-state index in [1.54, 1.807) is 7.11 Å². The SMILES string of the molecule is CCCNC(Cc1cc(Br)ccc1OC)c1ncn[nH]1. The molecule has 0 aliphatic rings. The van der Waals surface area contributed by atoms with Gasteiger partial charge in [-0.2, -0.15) is 5.10 Å². The zero-order valence-electron chi connectivity index (χ0n) is 11.7. The van der Waals surface area contributed by atoms with Crippen LogP contribution in [0.2, 0.25) is 0 Å². The van der Waals surface area contributed by atoms with Gasteiger partial charge in [0, 0.05) is 4.47 Å². The summed E-state index contributed by atoms with van der Waals surface area (Å²) >= 11 is 3.51. The first-order valence-corrected chi connectivity index (χ1v) is 7.45. The number of benzene rings is 1. The molecule has 0 saturated heterocycles. The van der Waals surface area contributed by atoms with Crippen molar-refractivity contribution in [1.82, 2.24) is 20.5 Å². The van der Waals surface area contributed by atoms with E-state index < -0.39 is 0 Å². The molecule has 0 bridgehead atoms. The number of nitrogens with zero attached hydrogens (tertiary/aromatic N) is 2. The zero-order valence-corrected chi connectivity index (χ0v) is 13.3. The molecule has 1 atom stereocenters. The van der Waals surface area contributed by atoms with Gasteiger partial charge in [0.25, 0.3) is 0 Å². The third kappa shape index (κ3) is 3.80. The Hall–Kier alpha value is -1.40. The van der Waals surface area contributed by atoms with Crippen LogP contribution in [0.5, 0.6) is 5.75 Å². The van der Waals surface area contributed by atoms with Gasteiger partial charge in [-0.1, -0.05) is 22.9 Å². The van der Waals surface area contributed by atoms with Gasteiger partial charge in [-0.3, -0.25) is 5.10 Å². The monoisotopic (exact) mass is 338 g/mol. The van der Waals surface area contributed by atoms with E-state index in [4.69, 9.17) is 4.74 Å². The summed E-state index contributed by atoms with van der Waals surface area (Å²) in [4.78, 5) is 4.26. The van der Waals surface area contributed by atoms with Crippen LogP contribution >= 0.6 is 15.9 Å². The summed E-state index contributed by atoms with van der Waals surface area (Å²) in [5, 5.41) is 10.4. The maximum atomic E-state index is 5.43. The van der Waals surface area contributed by atoms with Crippen LogP contribution < -0.4 is 10.1 Å². The highest BCUT2D eigenvalue weighted by Gasteiger charge is 2.17. The lowest BCUT2D eigenvalue weighted by molar-refractivity contribution is 0.404. The third-order valence-electron chi connectivity index (χ3n) is 3.07. The number of rotatable bonds is 7. The van der Waals surface area contributed by atoms with Gasteiger partial charge in [-0.15, -0.1) is 0 Å². The van der Waals surface area contributed by atoms with E-state index in [-0.39, 0.29) is 6.04 Å². The number of aromatic amines is 1. The van der Waals surface area contributed by atoms with Crippen LogP contribution in [0, 0.1) is 0 Å². The Morgan fingerprint density at radius 2 is 2.30 bits per heavy atom. The first kappa shape index (κ1) is 15.0. The molecule has 5 nitrogen and oxygen atoms in total. The number of ether oxygens (including phenoxy) is 1. The van der Waals surface area contributed by atoms with Gasteiger partial charge in [-0.05, 0) is 43.1 Å². The Bertz CT molecular complexity index is 530. The molecule has 20 heavy (non-hydrogen) atoms. The molecule has 0 aliphatic heterocycles. The molecule has 1 heterocycles. The van der Waals surface area contributed by atoms with Gasteiger partial charge in [0.2, 0.25) is 0 Å². The van der Waals surface area contributed by atoms with Gasteiger partial charge in [0.05, 0.1) is 13.2 Å². The first-order valence-electron chi connectivity index (χ1n) is 6.65. The third-order valence-corrected chi connectivity index (χ3v) is 3.56. The van der Waals surface area contributed by atoms with Gasteiger partial charge in [0.15, 0.2) is 0 Å². The molecule has 0 spiro atoms. The standard InChI is InChI=1S/C14H19BrN4O/c1-3-6-16-12(14-17-9-18-19-14)8-10-7-11(15)4-5-13(10)20-2/h4-5,7,9,12,16H,3,6,8H2,1-2H3,(H,17,18,19). The van der Waals surface area contributed by atoms with E-state index in [9.17, 15) is 0 Å². The molecular weight excluding hydrogens is 320 g/mol. The Morgan fingerprint density at radius 1 is 1.45 bits per heavy atom. The Kier molecular flexibility index (Phi) is 5.55. The van der Waals surface area contributed by atoms with Crippen LogP contribution in [0.4, 0.5) is 0 Å². The van der Waals surface area contributed by atoms with Gasteiger partial charge in [0.1, 0.15) is 17.9 Å². The maximum absolute atomic E-state index is 5.43. The van der Waals surface area contributed by atoms with E-state index in [1.807, 2.05) is 12.1 Å². The molecule has 0 saturated carbocycles. The van der Waals surface area contributed by atoms with Crippen LogP contribution in [0.15, 0.2) is 29.0 Å². The van der Waals surface area contributed by atoms with Crippen molar-refractivity contribution in [2.45, 2.75) is 25.8 Å². The molecule has 0 aliphatic carbocycles. The minimum Gasteiger partial charge on any atom is -0.496 e. The van der Waals surface area contributed by atoms with Crippen LogP contribution in [0.3, 0.4) is 0 Å². The Labute approximate surface area is 127 Å². The summed E-state index contributed by atoms with van der Waals surface area (Å²) in [5.41, 5.74) is 1.13. The van der Waals surface area contributed by atoms with Gasteiger partial charge < -0.3 is 10.1 Å². The average Bonchev–Trinajstić information content (AvgIpc) is 2.97. The predicted molar refractivity (Wildman–Crippen MR) is 81.8 cm³/mol. The average molecular weight is 339 g/mol. The van der Waals surface area contributed by atoms with Crippen molar-refractivity contribution < 1.29 is 4.74 Å². The van der Waals surface area contributed by atoms with Crippen molar-refractivity contribution in [3.05, 3.63) is 40.4 Å². The van der Waals surface area contributed by atoms with Crippen molar-refractivity contribution in [1.29, 1.82) is 0 Å². The van der Waals surface area contributed by atoms with E-state index in [0.717, 1.165) is 41.0 Å². The number of hydrogen-bond donors (Lipinski definition) is 2. The fourth-order valence-corrected chi connectivity index (χ4v) is 2.50. The van der Waals surface area contributed by atoms with Crippen LogP contribution in [0.1, 0.15) is 30.8 Å². The van der Waals surface area contributed by atoms with Crippen LogP contribution in [0.25, 0.3) is 0 Å². The number of hydrogen-bond acceptors (Lipinski definition) is 4. The fraction of sp³-hybridized carbons (Fsp3) is 0.429. The second-order valence-electron chi connectivity index (χ2n) is 4.54. The summed E-state index contributed by atoms with van der Waals surface area (Å²) in [5.74, 6) is 1.73. The van der Waals surface area contributed by atoms with E-state index in [0.29, 0.717) is 0 Å². The maximum Gasteiger partial charge on any atom is 0.141 e. The number of aromatic nitrogens is 3. The normalized spacial score (nSPS) is 12.3. The molecular formula is C14H19BrN4O. The number of halogens is 1. The highest BCUT2D eigenvalue weighted by atomic mass is 79.9.